The molecule has 0 aromatic heterocycles. The summed E-state index contributed by atoms with van der Waals surface area (Å²) in [6.45, 7) is 0.402. The van der Waals surface area contributed by atoms with E-state index in [1.165, 1.54) is 24.3 Å². The van der Waals surface area contributed by atoms with Crippen LogP contribution in [0.25, 0.3) is 0 Å². The summed E-state index contributed by atoms with van der Waals surface area (Å²) in [4.78, 5) is 38.9. The minimum Gasteiger partial charge on any atom is -0.545 e. The van der Waals surface area contributed by atoms with Crippen LogP contribution in [0.1, 0.15) is 21.5 Å². The standard InChI is InChI=1S/C18H14N2O4/c21-16-15-9-12-3-1-2-4-13(12)10-19(15)18(24)20(16)14-7-5-11(6-8-14)17(22)23/h1-8,15H,9-10H2,(H,22,23)/p-1/t15-/m1/s1. The van der Waals surface area contributed by atoms with Crippen LogP contribution in [0.4, 0.5) is 10.5 Å². The molecule has 120 valence electrons. The van der Waals surface area contributed by atoms with Crippen LogP contribution in [0.5, 0.6) is 0 Å². The second-order valence-electron chi connectivity index (χ2n) is 5.91. The highest BCUT2D eigenvalue weighted by molar-refractivity contribution is 6.21. The summed E-state index contributed by atoms with van der Waals surface area (Å²) >= 11 is 0. The van der Waals surface area contributed by atoms with Gasteiger partial charge in [0.25, 0.3) is 5.91 Å². The van der Waals surface area contributed by atoms with Crippen LogP contribution in [0, 0.1) is 0 Å². The third kappa shape index (κ3) is 2.07. The number of benzene rings is 2. The molecule has 1 fully saturated rings. The molecule has 3 amide bonds. The zero-order valence-corrected chi connectivity index (χ0v) is 12.6. The van der Waals surface area contributed by atoms with Gasteiger partial charge < -0.3 is 14.8 Å². The maximum atomic E-state index is 12.7. The van der Waals surface area contributed by atoms with Gasteiger partial charge >= 0.3 is 6.03 Å². The van der Waals surface area contributed by atoms with Gasteiger partial charge in [-0.2, -0.15) is 0 Å². The lowest BCUT2D eigenvalue weighted by atomic mass is 9.95. The van der Waals surface area contributed by atoms with Gasteiger partial charge in [-0.15, -0.1) is 0 Å². The molecule has 0 bridgehead atoms. The van der Waals surface area contributed by atoms with Crippen molar-refractivity contribution < 1.29 is 19.5 Å². The van der Waals surface area contributed by atoms with Crippen molar-refractivity contribution in [3.05, 3.63) is 65.2 Å². The first kappa shape index (κ1) is 14.4. The van der Waals surface area contributed by atoms with Gasteiger partial charge in [0.05, 0.1) is 11.7 Å². The summed E-state index contributed by atoms with van der Waals surface area (Å²) in [5.41, 5.74) is 2.49. The lowest BCUT2D eigenvalue weighted by Crippen LogP contribution is -2.39. The summed E-state index contributed by atoms with van der Waals surface area (Å²) < 4.78 is 0. The summed E-state index contributed by atoms with van der Waals surface area (Å²) in [6.07, 6.45) is 0.494. The Labute approximate surface area is 137 Å². The highest BCUT2D eigenvalue weighted by Crippen LogP contribution is 2.32. The lowest BCUT2D eigenvalue weighted by Gasteiger charge is -2.28. The number of aromatic carboxylic acids is 1. The molecule has 0 N–H and O–H groups in total. The molecule has 1 saturated heterocycles. The molecule has 2 aliphatic rings. The molecule has 4 rings (SSSR count). The van der Waals surface area contributed by atoms with Gasteiger partial charge in [0.1, 0.15) is 6.04 Å². The average Bonchev–Trinajstić information content (AvgIpc) is 2.84. The van der Waals surface area contributed by atoms with E-state index in [-0.39, 0.29) is 17.5 Å². The predicted molar refractivity (Wildman–Crippen MR) is 83.1 cm³/mol. The zero-order chi connectivity index (χ0) is 16.8. The van der Waals surface area contributed by atoms with Crippen molar-refractivity contribution >= 4 is 23.6 Å². The minimum atomic E-state index is -1.30. The number of carbonyl (C=O) groups is 3. The van der Waals surface area contributed by atoms with Crippen LogP contribution >= 0.6 is 0 Å². The molecule has 6 nitrogen and oxygen atoms in total. The fourth-order valence-electron chi connectivity index (χ4n) is 3.30. The van der Waals surface area contributed by atoms with Crippen molar-refractivity contribution in [1.82, 2.24) is 4.90 Å². The summed E-state index contributed by atoms with van der Waals surface area (Å²) in [5, 5.41) is 10.8. The van der Waals surface area contributed by atoms with Crippen molar-refractivity contribution in [2.75, 3.05) is 4.90 Å². The van der Waals surface area contributed by atoms with Crippen molar-refractivity contribution in [2.45, 2.75) is 19.0 Å². The first-order chi connectivity index (χ1) is 11.6. The molecule has 0 unspecified atom stereocenters. The van der Waals surface area contributed by atoms with E-state index < -0.39 is 12.0 Å². The van der Waals surface area contributed by atoms with E-state index in [1.54, 1.807) is 4.90 Å². The Hall–Kier alpha value is -3.15. The molecule has 2 aromatic carbocycles. The lowest BCUT2D eigenvalue weighted by molar-refractivity contribution is -0.255. The molecule has 0 radical (unpaired) electrons. The Morgan fingerprint density at radius 1 is 1.00 bits per heavy atom. The smallest absolute Gasteiger partial charge is 0.332 e. The van der Waals surface area contributed by atoms with Crippen LogP contribution in [-0.2, 0) is 17.8 Å². The van der Waals surface area contributed by atoms with E-state index >= 15 is 0 Å². The molecule has 2 heterocycles. The van der Waals surface area contributed by atoms with E-state index in [0.717, 1.165) is 16.0 Å². The highest BCUT2D eigenvalue weighted by Gasteiger charge is 2.47. The largest absolute Gasteiger partial charge is 0.545 e. The zero-order valence-electron chi connectivity index (χ0n) is 12.6. The van der Waals surface area contributed by atoms with Crippen LogP contribution in [-0.4, -0.2) is 28.8 Å². The summed E-state index contributed by atoms with van der Waals surface area (Å²) in [6, 6.07) is 12.5. The average molecular weight is 321 g/mol. The van der Waals surface area contributed by atoms with Gasteiger partial charge in [-0.1, -0.05) is 36.4 Å². The molecule has 2 aromatic rings. The Kier molecular flexibility index (Phi) is 3.13. The number of nitrogens with zero attached hydrogens (tertiary/aromatic N) is 2. The van der Waals surface area contributed by atoms with Gasteiger partial charge in [-0.25, -0.2) is 9.69 Å². The molecule has 1 atom stereocenters. The third-order valence-corrected chi connectivity index (χ3v) is 4.55. The molecule has 2 aliphatic heterocycles. The monoisotopic (exact) mass is 321 g/mol. The molecule has 24 heavy (non-hydrogen) atoms. The van der Waals surface area contributed by atoms with Crippen molar-refractivity contribution in [3.63, 3.8) is 0 Å². The normalized spacial score (nSPS) is 19.2. The number of fused-ring (bicyclic) bond motifs is 2. The van der Waals surface area contributed by atoms with Crippen molar-refractivity contribution in [1.29, 1.82) is 0 Å². The topological polar surface area (TPSA) is 80.8 Å². The van der Waals surface area contributed by atoms with E-state index in [1.807, 2.05) is 24.3 Å². The first-order valence-electron chi connectivity index (χ1n) is 7.59. The third-order valence-electron chi connectivity index (χ3n) is 4.55. The second kappa shape index (κ2) is 5.19. The predicted octanol–water partition coefficient (Wildman–Crippen LogP) is 0.944. The Morgan fingerprint density at radius 3 is 2.33 bits per heavy atom. The fraction of sp³-hybridized carbons (Fsp3) is 0.167. The van der Waals surface area contributed by atoms with Gasteiger partial charge in [0.2, 0.25) is 0 Å². The fourth-order valence-corrected chi connectivity index (χ4v) is 3.30. The van der Waals surface area contributed by atoms with E-state index in [2.05, 4.69) is 0 Å². The van der Waals surface area contributed by atoms with Crippen molar-refractivity contribution in [3.8, 4) is 0 Å². The van der Waals surface area contributed by atoms with Crippen LogP contribution in [0.3, 0.4) is 0 Å². The van der Waals surface area contributed by atoms with Gasteiger partial charge in [-0.3, -0.25) is 4.79 Å². The Morgan fingerprint density at radius 2 is 1.67 bits per heavy atom. The maximum Gasteiger partial charge on any atom is 0.332 e. The molecule has 6 heteroatoms. The number of amides is 3. The quantitative estimate of drug-likeness (QED) is 0.771. The van der Waals surface area contributed by atoms with Crippen LogP contribution in [0.2, 0.25) is 0 Å². The molecule has 0 spiro atoms. The highest BCUT2D eigenvalue weighted by atomic mass is 16.4. The van der Waals surface area contributed by atoms with E-state index in [4.69, 9.17) is 0 Å². The van der Waals surface area contributed by atoms with Crippen LogP contribution in [0.15, 0.2) is 48.5 Å². The first-order valence-corrected chi connectivity index (χ1v) is 7.59. The summed E-state index contributed by atoms with van der Waals surface area (Å²) in [7, 11) is 0. The molecule has 0 saturated carbocycles. The number of hydrogen-bond donors (Lipinski definition) is 0. The van der Waals surface area contributed by atoms with Crippen molar-refractivity contribution in [2.24, 2.45) is 0 Å². The second-order valence-corrected chi connectivity index (χ2v) is 5.91. The molecule has 0 aliphatic carbocycles. The van der Waals surface area contributed by atoms with Gasteiger partial charge in [0, 0.05) is 13.0 Å². The SMILES string of the molecule is O=C([O-])c1ccc(N2C(=O)[C@H]3Cc4ccccc4CN3C2=O)cc1. The number of anilines is 1. The number of rotatable bonds is 2. The number of imide groups is 1. The molecular weight excluding hydrogens is 308 g/mol. The minimum absolute atomic E-state index is 0.00275. The van der Waals surface area contributed by atoms with Gasteiger partial charge in [0.15, 0.2) is 0 Å². The molecular formula is C18H13N2O4-. The van der Waals surface area contributed by atoms with Gasteiger partial charge in [-0.05, 0) is 28.8 Å². The number of urea groups is 1. The number of carboxylic acid groups (broad SMARTS) is 1. The Balaban J connectivity index is 1.67. The maximum absolute atomic E-state index is 12.7. The Bertz CT molecular complexity index is 817. The van der Waals surface area contributed by atoms with E-state index in [9.17, 15) is 19.5 Å². The number of carbonyl (C=O) groups excluding carboxylic acids is 3. The number of carboxylic acids is 1. The number of hydrogen-bond acceptors (Lipinski definition) is 4. The van der Waals surface area contributed by atoms with Crippen LogP contribution < -0.4 is 10.0 Å². The summed E-state index contributed by atoms with van der Waals surface area (Å²) in [5.74, 6) is -1.58. The van der Waals surface area contributed by atoms with E-state index in [0.29, 0.717) is 18.7 Å².